The van der Waals surface area contributed by atoms with E-state index in [1.165, 1.54) is 18.4 Å². The summed E-state index contributed by atoms with van der Waals surface area (Å²) in [7, 11) is 0. The second-order valence-electron chi connectivity index (χ2n) is 5.41. The first-order valence-electron chi connectivity index (χ1n) is 6.03. The minimum Gasteiger partial charge on any atom is -0.330 e. The zero-order valence-corrected chi connectivity index (χ0v) is 11.6. The molecule has 2 rings (SSSR count). The van der Waals surface area contributed by atoms with E-state index >= 15 is 0 Å². The van der Waals surface area contributed by atoms with Gasteiger partial charge in [0.05, 0.1) is 0 Å². The number of hydrogen-bond donors (Lipinski definition) is 1. The normalized spacial score (nSPS) is 29.2. The third-order valence-corrected chi connectivity index (χ3v) is 4.57. The molecule has 1 aromatic carbocycles. The van der Waals surface area contributed by atoms with Gasteiger partial charge in [0.15, 0.2) is 0 Å². The topological polar surface area (TPSA) is 26.0 Å². The highest BCUT2D eigenvalue weighted by Gasteiger charge is 2.45. The summed E-state index contributed by atoms with van der Waals surface area (Å²) in [4.78, 5) is 0. The molecule has 0 spiro atoms. The van der Waals surface area contributed by atoms with E-state index in [1.807, 2.05) is 0 Å². The number of nitrogens with two attached hydrogens (primary N) is 1. The van der Waals surface area contributed by atoms with Crippen molar-refractivity contribution < 1.29 is 0 Å². The maximum Gasteiger partial charge on any atom is 0.0178 e. The second kappa shape index (κ2) is 4.50. The Morgan fingerprint density at radius 3 is 2.62 bits per heavy atom. The van der Waals surface area contributed by atoms with Gasteiger partial charge >= 0.3 is 0 Å². The van der Waals surface area contributed by atoms with Gasteiger partial charge in [0.1, 0.15) is 0 Å². The Bertz CT molecular complexity index is 367. The summed E-state index contributed by atoms with van der Waals surface area (Å²) in [6.07, 6.45) is 2.50. The third-order valence-electron chi connectivity index (χ3n) is 4.08. The molecule has 2 N–H and O–H groups in total. The molecule has 0 saturated heterocycles. The van der Waals surface area contributed by atoms with Crippen molar-refractivity contribution in [1.29, 1.82) is 0 Å². The van der Waals surface area contributed by atoms with Crippen molar-refractivity contribution in [3.63, 3.8) is 0 Å². The van der Waals surface area contributed by atoms with Crippen LogP contribution in [-0.4, -0.2) is 6.54 Å². The molecule has 16 heavy (non-hydrogen) atoms. The Morgan fingerprint density at radius 2 is 2.12 bits per heavy atom. The third kappa shape index (κ3) is 2.05. The van der Waals surface area contributed by atoms with Crippen LogP contribution < -0.4 is 5.73 Å². The first-order chi connectivity index (χ1) is 7.57. The number of rotatable bonds is 3. The average Bonchev–Trinajstić information content (AvgIpc) is 2.16. The Balaban J connectivity index is 2.19. The minimum absolute atomic E-state index is 0.249. The molecule has 0 atom stereocenters. The predicted molar refractivity (Wildman–Crippen MR) is 72.4 cm³/mol. The molecule has 2 heteroatoms. The quantitative estimate of drug-likeness (QED) is 0.898. The van der Waals surface area contributed by atoms with Gasteiger partial charge in [0.2, 0.25) is 0 Å². The molecular formula is C14H20BrN. The smallest absolute Gasteiger partial charge is 0.0178 e. The lowest BCUT2D eigenvalue weighted by atomic mass is 9.56. The summed E-state index contributed by atoms with van der Waals surface area (Å²) in [5.41, 5.74) is 7.65. The SMILES string of the molecule is CC(C)C1CC(CN)(c2cccc(Br)c2)C1. The highest BCUT2D eigenvalue weighted by Crippen LogP contribution is 2.50. The van der Waals surface area contributed by atoms with Crippen molar-refractivity contribution in [2.24, 2.45) is 17.6 Å². The lowest BCUT2D eigenvalue weighted by Crippen LogP contribution is -2.48. The van der Waals surface area contributed by atoms with Gasteiger partial charge in [-0.2, -0.15) is 0 Å². The molecule has 1 aliphatic rings. The first-order valence-corrected chi connectivity index (χ1v) is 6.83. The number of halogens is 1. The van der Waals surface area contributed by atoms with Crippen LogP contribution in [0.4, 0.5) is 0 Å². The van der Waals surface area contributed by atoms with Crippen LogP contribution >= 0.6 is 15.9 Å². The molecule has 0 amide bonds. The van der Waals surface area contributed by atoms with Crippen LogP contribution in [0.3, 0.4) is 0 Å². The summed E-state index contributed by atoms with van der Waals surface area (Å²) in [6, 6.07) is 8.63. The van der Waals surface area contributed by atoms with E-state index in [0.29, 0.717) is 0 Å². The molecular weight excluding hydrogens is 262 g/mol. The van der Waals surface area contributed by atoms with Crippen LogP contribution in [-0.2, 0) is 5.41 Å². The number of benzene rings is 1. The maximum atomic E-state index is 6.00. The molecule has 1 nitrogen and oxygen atoms in total. The van der Waals surface area contributed by atoms with E-state index in [0.717, 1.165) is 22.9 Å². The monoisotopic (exact) mass is 281 g/mol. The molecule has 1 saturated carbocycles. The molecule has 0 heterocycles. The summed E-state index contributed by atoms with van der Waals surface area (Å²) in [5.74, 6) is 1.63. The molecule has 0 bridgehead atoms. The van der Waals surface area contributed by atoms with E-state index in [9.17, 15) is 0 Å². The van der Waals surface area contributed by atoms with Crippen molar-refractivity contribution in [3.8, 4) is 0 Å². The summed E-state index contributed by atoms with van der Waals surface area (Å²) in [5, 5.41) is 0. The van der Waals surface area contributed by atoms with E-state index < -0.39 is 0 Å². The Kier molecular flexibility index (Phi) is 3.41. The largest absolute Gasteiger partial charge is 0.330 e. The van der Waals surface area contributed by atoms with Gasteiger partial charge in [-0.15, -0.1) is 0 Å². The van der Waals surface area contributed by atoms with Crippen LogP contribution in [0.1, 0.15) is 32.3 Å². The standard InChI is InChI=1S/C14H20BrN/c1-10(2)11-7-14(8-11,9-16)12-4-3-5-13(15)6-12/h3-6,10-11H,7-9,16H2,1-2H3. The van der Waals surface area contributed by atoms with Gasteiger partial charge in [0, 0.05) is 16.4 Å². The Labute approximate surface area is 107 Å². The Hall–Kier alpha value is -0.340. The van der Waals surface area contributed by atoms with Gasteiger partial charge in [-0.3, -0.25) is 0 Å². The van der Waals surface area contributed by atoms with Crippen LogP contribution in [0.25, 0.3) is 0 Å². The fraction of sp³-hybridized carbons (Fsp3) is 0.571. The van der Waals surface area contributed by atoms with Crippen molar-refractivity contribution in [2.75, 3.05) is 6.54 Å². The van der Waals surface area contributed by atoms with Crippen molar-refractivity contribution >= 4 is 15.9 Å². The lowest BCUT2D eigenvalue weighted by molar-refractivity contribution is 0.106. The zero-order chi connectivity index (χ0) is 11.8. The average molecular weight is 282 g/mol. The predicted octanol–water partition coefficient (Wildman–Crippen LogP) is 3.71. The molecule has 1 aliphatic carbocycles. The first kappa shape index (κ1) is 12.1. The molecule has 0 aliphatic heterocycles. The van der Waals surface area contributed by atoms with E-state index in [2.05, 4.69) is 54.0 Å². The molecule has 0 aromatic heterocycles. The molecule has 1 fully saturated rings. The maximum absolute atomic E-state index is 6.00. The zero-order valence-electron chi connectivity index (χ0n) is 10.0. The molecule has 0 radical (unpaired) electrons. The minimum atomic E-state index is 0.249. The van der Waals surface area contributed by atoms with Crippen molar-refractivity contribution in [2.45, 2.75) is 32.1 Å². The second-order valence-corrected chi connectivity index (χ2v) is 6.32. The fourth-order valence-corrected chi connectivity index (χ4v) is 3.15. The summed E-state index contributed by atoms with van der Waals surface area (Å²) < 4.78 is 1.16. The van der Waals surface area contributed by atoms with E-state index in [-0.39, 0.29) is 5.41 Å². The van der Waals surface area contributed by atoms with Crippen LogP contribution in [0.2, 0.25) is 0 Å². The molecule has 88 valence electrons. The fourth-order valence-electron chi connectivity index (χ4n) is 2.75. The highest BCUT2D eigenvalue weighted by atomic mass is 79.9. The highest BCUT2D eigenvalue weighted by molar-refractivity contribution is 9.10. The van der Waals surface area contributed by atoms with Crippen LogP contribution in [0.15, 0.2) is 28.7 Å². The van der Waals surface area contributed by atoms with E-state index in [4.69, 9.17) is 5.73 Å². The summed E-state index contributed by atoms with van der Waals surface area (Å²) in [6.45, 7) is 5.39. The van der Waals surface area contributed by atoms with Gasteiger partial charge in [0.25, 0.3) is 0 Å². The summed E-state index contributed by atoms with van der Waals surface area (Å²) >= 11 is 3.54. The Morgan fingerprint density at radius 1 is 1.44 bits per heavy atom. The van der Waals surface area contributed by atoms with Crippen LogP contribution in [0, 0.1) is 11.8 Å². The van der Waals surface area contributed by atoms with Gasteiger partial charge in [-0.25, -0.2) is 0 Å². The van der Waals surface area contributed by atoms with Gasteiger partial charge in [-0.1, -0.05) is 41.9 Å². The van der Waals surface area contributed by atoms with Gasteiger partial charge < -0.3 is 5.73 Å². The van der Waals surface area contributed by atoms with Crippen molar-refractivity contribution in [3.05, 3.63) is 34.3 Å². The van der Waals surface area contributed by atoms with E-state index in [1.54, 1.807) is 0 Å². The lowest BCUT2D eigenvalue weighted by Gasteiger charge is -2.49. The van der Waals surface area contributed by atoms with Gasteiger partial charge in [-0.05, 0) is 42.4 Å². The number of hydrogen-bond acceptors (Lipinski definition) is 1. The van der Waals surface area contributed by atoms with Crippen molar-refractivity contribution in [1.82, 2.24) is 0 Å². The molecule has 1 aromatic rings. The van der Waals surface area contributed by atoms with Crippen LogP contribution in [0.5, 0.6) is 0 Å². The molecule has 0 unspecified atom stereocenters.